The molecule has 1 N–H and O–H groups in total. The van der Waals surface area contributed by atoms with Crippen LogP contribution < -0.4 is 4.74 Å². The number of carbonyl (C=O) groups excluding carboxylic acids is 1. The fourth-order valence-electron chi connectivity index (χ4n) is 4.66. The molecule has 0 saturated carbocycles. The first-order valence-electron chi connectivity index (χ1n) is 12.5. The molecule has 0 aromatic heterocycles. The lowest BCUT2D eigenvalue weighted by Crippen LogP contribution is -2.53. The van der Waals surface area contributed by atoms with Crippen molar-refractivity contribution in [1.82, 2.24) is 9.80 Å². The van der Waals surface area contributed by atoms with Crippen molar-refractivity contribution in [2.75, 3.05) is 33.4 Å². The number of benzene rings is 2. The van der Waals surface area contributed by atoms with Crippen LogP contribution in [0.2, 0.25) is 0 Å². The monoisotopic (exact) mass is 482 g/mol. The van der Waals surface area contributed by atoms with Crippen molar-refractivity contribution >= 4 is 12.0 Å². The Morgan fingerprint density at radius 3 is 2.57 bits per heavy atom. The molecule has 1 saturated heterocycles. The molecule has 1 fully saturated rings. The van der Waals surface area contributed by atoms with Crippen LogP contribution >= 0.6 is 0 Å². The molecule has 7 heteroatoms. The Balaban J connectivity index is 1.81. The topological polar surface area (TPSA) is 79.3 Å². The first kappa shape index (κ1) is 26.5. The van der Waals surface area contributed by atoms with Gasteiger partial charge in [0.15, 0.2) is 0 Å². The van der Waals surface area contributed by atoms with E-state index in [9.17, 15) is 14.7 Å². The van der Waals surface area contributed by atoms with E-state index in [2.05, 4.69) is 12.1 Å². The zero-order valence-electron chi connectivity index (χ0n) is 21.1. The predicted octanol–water partition coefficient (Wildman–Crippen LogP) is 4.88. The summed E-state index contributed by atoms with van der Waals surface area (Å²) in [4.78, 5) is 28.4. The van der Waals surface area contributed by atoms with Gasteiger partial charge < -0.3 is 24.4 Å². The highest BCUT2D eigenvalue weighted by Crippen LogP contribution is 2.26. The van der Waals surface area contributed by atoms with E-state index >= 15 is 0 Å². The first-order valence-corrected chi connectivity index (χ1v) is 12.5. The third-order valence-electron chi connectivity index (χ3n) is 6.44. The van der Waals surface area contributed by atoms with Gasteiger partial charge in [-0.15, -0.1) is 0 Å². The molecule has 1 aliphatic rings. The van der Waals surface area contributed by atoms with Crippen molar-refractivity contribution < 1.29 is 24.2 Å². The number of piperidine rings is 1. The predicted molar refractivity (Wildman–Crippen MR) is 136 cm³/mol. The summed E-state index contributed by atoms with van der Waals surface area (Å²) in [5, 5.41) is 9.45. The minimum Gasteiger partial charge on any atom is -0.493 e. The minimum atomic E-state index is -0.930. The van der Waals surface area contributed by atoms with Crippen LogP contribution in [0.4, 0.5) is 4.79 Å². The van der Waals surface area contributed by atoms with E-state index in [1.165, 1.54) is 10.5 Å². The van der Waals surface area contributed by atoms with Gasteiger partial charge in [-0.05, 0) is 62.8 Å². The average molecular weight is 483 g/mol. The molecule has 0 bridgehead atoms. The number of hydrogen-bond donors (Lipinski definition) is 1. The van der Waals surface area contributed by atoms with E-state index in [0.717, 1.165) is 43.4 Å². The second-order valence-electron chi connectivity index (χ2n) is 9.33. The maximum Gasteiger partial charge on any atom is 0.407 e. The Kier molecular flexibility index (Phi) is 9.97. The molecule has 3 rings (SSSR count). The van der Waals surface area contributed by atoms with Gasteiger partial charge in [0, 0.05) is 44.8 Å². The number of hydrogen-bond acceptors (Lipinski definition) is 4. The van der Waals surface area contributed by atoms with E-state index in [1.807, 2.05) is 55.1 Å². The molecule has 1 atom stereocenters. The van der Waals surface area contributed by atoms with E-state index in [4.69, 9.17) is 9.47 Å². The molecule has 0 radical (unpaired) electrons. The molecule has 0 aliphatic carbocycles. The summed E-state index contributed by atoms with van der Waals surface area (Å²) in [6.07, 6.45) is 3.07. The van der Waals surface area contributed by atoms with Gasteiger partial charge in [-0.25, -0.2) is 4.79 Å². The van der Waals surface area contributed by atoms with E-state index in [0.29, 0.717) is 31.9 Å². The molecule has 2 aromatic carbocycles. The lowest BCUT2D eigenvalue weighted by molar-refractivity contribution is 0.0449. The summed E-state index contributed by atoms with van der Waals surface area (Å²) < 4.78 is 11.3. The molecular weight excluding hydrogens is 444 g/mol. The van der Waals surface area contributed by atoms with Crippen LogP contribution in [-0.2, 0) is 17.6 Å². The summed E-state index contributed by atoms with van der Waals surface area (Å²) in [5.41, 5.74) is 2.88. The van der Waals surface area contributed by atoms with Crippen molar-refractivity contribution in [1.29, 1.82) is 0 Å². The van der Waals surface area contributed by atoms with Crippen molar-refractivity contribution in [2.24, 2.45) is 0 Å². The van der Waals surface area contributed by atoms with Crippen molar-refractivity contribution in [3.05, 3.63) is 65.2 Å². The SMILES string of the molecule is COCCCOc1cc(C(=O)N(C(C)C)[C@@H]2CCCN(C(=O)O)C2)ccc1CCc1ccccc1. The molecule has 2 aromatic rings. The Labute approximate surface area is 208 Å². The van der Waals surface area contributed by atoms with Gasteiger partial charge in [-0.1, -0.05) is 36.4 Å². The van der Waals surface area contributed by atoms with E-state index in [-0.39, 0.29) is 18.0 Å². The quantitative estimate of drug-likeness (QED) is 0.462. The van der Waals surface area contributed by atoms with Crippen molar-refractivity contribution in [2.45, 2.75) is 58.0 Å². The zero-order valence-corrected chi connectivity index (χ0v) is 21.1. The molecule has 7 nitrogen and oxygen atoms in total. The molecule has 35 heavy (non-hydrogen) atoms. The molecule has 0 spiro atoms. The number of rotatable bonds is 11. The molecule has 1 heterocycles. The van der Waals surface area contributed by atoms with Crippen molar-refractivity contribution in [3.8, 4) is 5.75 Å². The highest BCUT2D eigenvalue weighted by molar-refractivity contribution is 5.95. The highest BCUT2D eigenvalue weighted by Gasteiger charge is 2.32. The van der Waals surface area contributed by atoms with Crippen molar-refractivity contribution in [3.63, 3.8) is 0 Å². The number of amides is 2. The summed E-state index contributed by atoms with van der Waals surface area (Å²) in [7, 11) is 1.67. The number of nitrogens with zero attached hydrogens (tertiary/aromatic N) is 2. The smallest absolute Gasteiger partial charge is 0.407 e. The number of carboxylic acid groups (broad SMARTS) is 1. The third-order valence-corrected chi connectivity index (χ3v) is 6.44. The van der Waals surface area contributed by atoms with E-state index in [1.54, 1.807) is 7.11 Å². The highest BCUT2D eigenvalue weighted by atomic mass is 16.5. The molecule has 190 valence electrons. The molecule has 2 amide bonds. The summed E-state index contributed by atoms with van der Waals surface area (Å²) in [6.45, 7) is 5.94. The zero-order chi connectivity index (χ0) is 25.2. The van der Waals surface area contributed by atoms with Crippen LogP contribution in [-0.4, -0.2) is 72.4 Å². The second kappa shape index (κ2) is 13.1. The van der Waals surface area contributed by atoms with Crippen LogP contribution in [0.5, 0.6) is 5.75 Å². The molecule has 0 unspecified atom stereocenters. The summed E-state index contributed by atoms with van der Waals surface area (Å²) >= 11 is 0. The Morgan fingerprint density at radius 2 is 1.89 bits per heavy atom. The number of carbonyl (C=O) groups is 2. The van der Waals surface area contributed by atoms with Gasteiger partial charge in [-0.3, -0.25) is 4.79 Å². The Morgan fingerprint density at radius 1 is 1.11 bits per heavy atom. The normalized spacial score (nSPS) is 15.8. The van der Waals surface area contributed by atoms with Crippen LogP contribution in [0.15, 0.2) is 48.5 Å². The Hall–Kier alpha value is -3.06. The fraction of sp³-hybridized carbons (Fsp3) is 0.500. The second-order valence-corrected chi connectivity index (χ2v) is 9.33. The minimum absolute atomic E-state index is 0.0509. The van der Waals surface area contributed by atoms with Gasteiger partial charge in [0.05, 0.1) is 12.6 Å². The number of aryl methyl sites for hydroxylation is 2. The number of methoxy groups -OCH3 is 1. The fourth-order valence-corrected chi connectivity index (χ4v) is 4.66. The standard InChI is InChI=1S/C28H38N2O5/c1-21(2)30(25-11-7-16-29(20-25)28(32)33)27(31)24-15-14-23(13-12-22-9-5-4-6-10-22)26(19-24)35-18-8-17-34-3/h4-6,9-10,14-15,19,21,25H,7-8,11-13,16-18,20H2,1-3H3,(H,32,33)/t25-/m1/s1. The lowest BCUT2D eigenvalue weighted by Gasteiger charge is -2.40. The van der Waals surface area contributed by atoms with Gasteiger partial charge in [0.1, 0.15) is 5.75 Å². The van der Waals surface area contributed by atoms with Gasteiger partial charge in [0.2, 0.25) is 0 Å². The largest absolute Gasteiger partial charge is 0.493 e. The average Bonchev–Trinajstić information content (AvgIpc) is 2.86. The number of ether oxygens (including phenoxy) is 2. The van der Waals surface area contributed by atoms with Crippen LogP contribution in [0.25, 0.3) is 0 Å². The van der Waals surface area contributed by atoms with Crippen LogP contribution in [0.3, 0.4) is 0 Å². The Bertz CT molecular complexity index is 963. The first-order chi connectivity index (χ1) is 16.9. The number of likely N-dealkylation sites (tertiary alicyclic amines) is 1. The van der Waals surface area contributed by atoms with E-state index < -0.39 is 6.09 Å². The third kappa shape index (κ3) is 7.46. The molecular formula is C28H38N2O5. The molecule has 1 aliphatic heterocycles. The maximum atomic E-state index is 13.7. The van der Waals surface area contributed by atoms with Crippen LogP contribution in [0, 0.1) is 0 Å². The van der Waals surface area contributed by atoms with Crippen LogP contribution in [0.1, 0.15) is 54.6 Å². The summed E-state index contributed by atoms with van der Waals surface area (Å²) in [6, 6.07) is 15.8. The maximum absolute atomic E-state index is 13.7. The lowest BCUT2D eigenvalue weighted by atomic mass is 9.99. The summed E-state index contributed by atoms with van der Waals surface area (Å²) in [5.74, 6) is 0.635. The van der Waals surface area contributed by atoms with Gasteiger partial charge >= 0.3 is 6.09 Å². The van der Waals surface area contributed by atoms with Gasteiger partial charge in [0.25, 0.3) is 5.91 Å². The van der Waals surface area contributed by atoms with Gasteiger partial charge in [-0.2, -0.15) is 0 Å².